The summed E-state index contributed by atoms with van der Waals surface area (Å²) in [5.74, 6) is 0.698. The van der Waals surface area contributed by atoms with Crippen molar-refractivity contribution in [1.82, 2.24) is 20.2 Å². The van der Waals surface area contributed by atoms with Crippen molar-refractivity contribution in [2.75, 3.05) is 5.75 Å². The predicted molar refractivity (Wildman–Crippen MR) is 66.5 cm³/mol. The molecule has 2 aromatic rings. The molecular formula is C11H14N5OS+. The Bertz CT molecular complexity index is 473. The number of nitrogens with zero attached hydrogens (tertiary/aromatic N) is 5. The third kappa shape index (κ3) is 4.25. The Kier molecular flexibility index (Phi) is 4.83. The first-order valence-electron chi connectivity index (χ1n) is 5.65. The smallest absolute Gasteiger partial charge is 0.195 e. The van der Waals surface area contributed by atoms with Crippen LogP contribution in [0.2, 0.25) is 0 Å². The van der Waals surface area contributed by atoms with Gasteiger partial charge in [0.1, 0.15) is 6.33 Å². The second-order valence-electron chi connectivity index (χ2n) is 3.66. The van der Waals surface area contributed by atoms with Crippen molar-refractivity contribution < 1.29 is 9.36 Å². The van der Waals surface area contributed by atoms with Crippen LogP contribution in [-0.2, 0) is 17.9 Å². The van der Waals surface area contributed by atoms with Crippen molar-refractivity contribution in [3.05, 3.63) is 36.9 Å². The molecule has 2 heterocycles. The van der Waals surface area contributed by atoms with Gasteiger partial charge in [-0.05, 0) is 10.4 Å². The first-order chi connectivity index (χ1) is 8.84. The van der Waals surface area contributed by atoms with E-state index < -0.39 is 0 Å². The number of hydrogen-bond acceptors (Lipinski definition) is 5. The molecule has 7 heteroatoms. The zero-order valence-corrected chi connectivity index (χ0v) is 10.7. The molecule has 0 amide bonds. The van der Waals surface area contributed by atoms with E-state index in [4.69, 9.17) is 0 Å². The summed E-state index contributed by atoms with van der Waals surface area (Å²) < 4.78 is 3.62. The lowest BCUT2D eigenvalue weighted by molar-refractivity contribution is -0.695. The summed E-state index contributed by atoms with van der Waals surface area (Å²) in [5.41, 5.74) is 0. The Morgan fingerprint density at radius 3 is 2.83 bits per heavy atom. The number of aryl methyl sites for hydroxylation is 2. The number of hydrogen-bond donors (Lipinski definition) is 0. The number of thioether (sulfide) groups is 1. The highest BCUT2D eigenvalue weighted by atomic mass is 32.2. The quantitative estimate of drug-likeness (QED) is 0.703. The molecule has 0 atom stereocenters. The van der Waals surface area contributed by atoms with Gasteiger partial charge in [-0.3, -0.25) is 4.79 Å². The Morgan fingerprint density at radius 1 is 1.28 bits per heavy atom. The van der Waals surface area contributed by atoms with Gasteiger partial charge in [-0.15, -0.1) is 5.10 Å². The molecule has 0 fully saturated rings. The van der Waals surface area contributed by atoms with E-state index in [0.29, 0.717) is 18.7 Å². The largest absolute Gasteiger partial charge is 0.287 e. The minimum Gasteiger partial charge on any atom is -0.287 e. The highest BCUT2D eigenvalue weighted by Crippen LogP contribution is 2.05. The van der Waals surface area contributed by atoms with Crippen LogP contribution in [0.5, 0.6) is 0 Å². The van der Waals surface area contributed by atoms with Gasteiger partial charge in [0.2, 0.25) is 0 Å². The van der Waals surface area contributed by atoms with Gasteiger partial charge in [0.25, 0.3) is 0 Å². The van der Waals surface area contributed by atoms with Crippen LogP contribution in [0.15, 0.2) is 36.9 Å². The molecule has 0 saturated heterocycles. The van der Waals surface area contributed by atoms with Crippen LogP contribution in [0.3, 0.4) is 0 Å². The average Bonchev–Trinajstić information content (AvgIpc) is 2.91. The fraction of sp³-hybridized carbons (Fsp3) is 0.364. The lowest BCUT2D eigenvalue weighted by Crippen LogP contribution is -2.33. The Hall–Kier alpha value is -1.76. The molecule has 0 unspecified atom stereocenters. The molecular weight excluding hydrogens is 250 g/mol. The Balaban J connectivity index is 1.63. The minimum absolute atomic E-state index is 0.194. The van der Waals surface area contributed by atoms with Gasteiger partial charge < -0.3 is 0 Å². The topological polar surface area (TPSA) is 64.5 Å². The molecule has 0 aliphatic carbocycles. The summed E-state index contributed by atoms with van der Waals surface area (Å²) in [5, 5.41) is 11.0. The lowest BCUT2D eigenvalue weighted by atomic mass is 10.4. The summed E-state index contributed by atoms with van der Waals surface area (Å²) in [6, 6.07) is 5.86. The Morgan fingerprint density at radius 2 is 2.11 bits per heavy atom. The van der Waals surface area contributed by atoms with Crippen LogP contribution in [0.25, 0.3) is 0 Å². The standard InChI is InChI=1S/C11H14N5OS/c17-11(4-7-15-5-2-1-3-6-15)18-9-8-16-10-12-13-14-16/h1-3,5-6,10H,4,7-9H2/q+1. The second-order valence-corrected chi connectivity index (χ2v) is 4.81. The van der Waals surface area contributed by atoms with Crippen molar-refractivity contribution in [1.29, 1.82) is 0 Å². The number of aromatic nitrogens is 5. The van der Waals surface area contributed by atoms with E-state index in [2.05, 4.69) is 15.5 Å². The highest BCUT2D eigenvalue weighted by Gasteiger charge is 2.07. The van der Waals surface area contributed by atoms with Crippen LogP contribution in [-0.4, -0.2) is 31.1 Å². The summed E-state index contributed by atoms with van der Waals surface area (Å²) in [6.45, 7) is 1.37. The number of carbonyl (C=O) groups is 1. The number of tetrazole rings is 1. The zero-order valence-electron chi connectivity index (χ0n) is 9.85. The van der Waals surface area contributed by atoms with Gasteiger partial charge >= 0.3 is 0 Å². The molecule has 94 valence electrons. The summed E-state index contributed by atoms with van der Waals surface area (Å²) in [4.78, 5) is 11.6. The third-order valence-corrected chi connectivity index (χ3v) is 3.24. The molecule has 0 radical (unpaired) electrons. The van der Waals surface area contributed by atoms with E-state index in [-0.39, 0.29) is 5.12 Å². The maximum Gasteiger partial charge on any atom is 0.195 e. The van der Waals surface area contributed by atoms with E-state index in [1.54, 1.807) is 11.0 Å². The van der Waals surface area contributed by atoms with E-state index in [0.717, 1.165) is 6.54 Å². The van der Waals surface area contributed by atoms with Gasteiger partial charge in [0.05, 0.1) is 13.0 Å². The second kappa shape index (κ2) is 6.85. The van der Waals surface area contributed by atoms with E-state index >= 15 is 0 Å². The predicted octanol–water partition coefficient (Wildman–Crippen LogP) is 0.311. The fourth-order valence-corrected chi connectivity index (χ4v) is 2.15. The third-order valence-electron chi connectivity index (χ3n) is 2.33. The normalized spacial score (nSPS) is 10.4. The summed E-state index contributed by atoms with van der Waals surface area (Å²) in [7, 11) is 0. The van der Waals surface area contributed by atoms with Gasteiger partial charge in [0, 0.05) is 17.9 Å². The monoisotopic (exact) mass is 264 g/mol. The molecule has 0 saturated carbocycles. The first-order valence-corrected chi connectivity index (χ1v) is 6.63. The zero-order chi connectivity index (χ0) is 12.6. The maximum absolute atomic E-state index is 11.6. The van der Waals surface area contributed by atoms with Crippen LogP contribution >= 0.6 is 11.8 Å². The summed E-state index contributed by atoms with van der Waals surface area (Å²) >= 11 is 1.33. The molecule has 0 N–H and O–H groups in total. The van der Waals surface area contributed by atoms with E-state index in [1.807, 2.05) is 35.2 Å². The number of rotatable bonds is 6. The minimum atomic E-state index is 0.194. The fourth-order valence-electron chi connectivity index (χ4n) is 1.41. The van der Waals surface area contributed by atoms with Crippen molar-refractivity contribution in [2.45, 2.75) is 19.5 Å². The van der Waals surface area contributed by atoms with Gasteiger partial charge in [-0.2, -0.15) is 0 Å². The van der Waals surface area contributed by atoms with Crippen molar-refractivity contribution in [3.8, 4) is 0 Å². The van der Waals surface area contributed by atoms with Crippen molar-refractivity contribution in [3.63, 3.8) is 0 Å². The number of pyridine rings is 1. The molecule has 18 heavy (non-hydrogen) atoms. The molecule has 6 nitrogen and oxygen atoms in total. The van der Waals surface area contributed by atoms with Crippen LogP contribution in [0.4, 0.5) is 0 Å². The molecule has 0 aromatic carbocycles. The van der Waals surface area contributed by atoms with Gasteiger partial charge in [-0.25, -0.2) is 9.25 Å². The van der Waals surface area contributed by atoms with Crippen LogP contribution < -0.4 is 4.57 Å². The molecule has 0 aliphatic rings. The average molecular weight is 264 g/mol. The molecule has 2 aromatic heterocycles. The summed E-state index contributed by atoms with van der Waals surface area (Å²) in [6.07, 6.45) is 6.00. The Labute approximate surface area is 109 Å². The lowest BCUT2D eigenvalue weighted by Gasteiger charge is -1.99. The van der Waals surface area contributed by atoms with Crippen molar-refractivity contribution in [2.24, 2.45) is 0 Å². The highest BCUT2D eigenvalue weighted by molar-refractivity contribution is 8.13. The van der Waals surface area contributed by atoms with Crippen LogP contribution in [0, 0.1) is 0 Å². The molecule has 0 aliphatic heterocycles. The van der Waals surface area contributed by atoms with Crippen molar-refractivity contribution >= 4 is 16.9 Å². The SMILES string of the molecule is O=C(CC[n+]1ccccc1)SCCn1cnnn1. The molecule has 0 spiro atoms. The van der Waals surface area contributed by atoms with Gasteiger partial charge in [-0.1, -0.05) is 17.8 Å². The molecule has 2 rings (SSSR count). The van der Waals surface area contributed by atoms with Gasteiger partial charge in [0.15, 0.2) is 24.1 Å². The van der Waals surface area contributed by atoms with E-state index in [9.17, 15) is 4.79 Å². The maximum atomic E-state index is 11.6. The van der Waals surface area contributed by atoms with Crippen LogP contribution in [0.1, 0.15) is 6.42 Å². The van der Waals surface area contributed by atoms with E-state index in [1.165, 1.54) is 11.8 Å². The molecule has 0 bridgehead atoms. The number of carbonyl (C=O) groups excluding carboxylic acids is 1. The first kappa shape index (κ1) is 12.7.